The summed E-state index contributed by atoms with van der Waals surface area (Å²) in [6, 6.07) is 0. The fourth-order valence-electron chi connectivity index (χ4n) is 2.65. The summed E-state index contributed by atoms with van der Waals surface area (Å²) in [6.45, 7) is 8.70. The van der Waals surface area contributed by atoms with Gasteiger partial charge in [-0.25, -0.2) is 0 Å². The van der Waals surface area contributed by atoms with Gasteiger partial charge < -0.3 is 9.84 Å². The van der Waals surface area contributed by atoms with Crippen LogP contribution in [0.25, 0.3) is 0 Å². The first-order valence-electron chi connectivity index (χ1n) is 6.57. The summed E-state index contributed by atoms with van der Waals surface area (Å²) in [5, 5.41) is 10.3. The molecule has 1 unspecified atom stereocenters. The van der Waals surface area contributed by atoms with Gasteiger partial charge in [0, 0.05) is 6.61 Å². The Bertz CT molecular complexity index is 205. The van der Waals surface area contributed by atoms with Crippen molar-refractivity contribution in [2.45, 2.75) is 64.1 Å². The second-order valence-electron chi connectivity index (χ2n) is 5.06. The molecule has 0 saturated heterocycles. The molecule has 1 atom stereocenters. The van der Waals surface area contributed by atoms with Crippen molar-refractivity contribution < 1.29 is 9.84 Å². The van der Waals surface area contributed by atoms with E-state index in [0.717, 1.165) is 31.6 Å². The molecular formula is C14H26O2. The number of ether oxygens (including phenoxy) is 1. The molecule has 94 valence electrons. The van der Waals surface area contributed by atoms with E-state index in [1.54, 1.807) is 0 Å². The Hall–Kier alpha value is -0.340. The molecule has 0 aromatic rings. The molecule has 2 nitrogen and oxygen atoms in total. The van der Waals surface area contributed by atoms with Gasteiger partial charge in [0.15, 0.2) is 0 Å². The summed E-state index contributed by atoms with van der Waals surface area (Å²) in [6.07, 6.45) is 7.52. The van der Waals surface area contributed by atoms with E-state index in [2.05, 4.69) is 13.5 Å². The Morgan fingerprint density at radius 3 is 2.62 bits per heavy atom. The predicted molar refractivity (Wildman–Crippen MR) is 67.4 cm³/mol. The Morgan fingerprint density at radius 1 is 1.50 bits per heavy atom. The third-order valence-electron chi connectivity index (χ3n) is 3.80. The minimum absolute atomic E-state index is 0.274. The summed E-state index contributed by atoms with van der Waals surface area (Å²) in [4.78, 5) is 0. The van der Waals surface area contributed by atoms with Crippen molar-refractivity contribution in [3.63, 3.8) is 0 Å². The van der Waals surface area contributed by atoms with Crippen LogP contribution in [0.4, 0.5) is 0 Å². The van der Waals surface area contributed by atoms with Gasteiger partial charge >= 0.3 is 0 Å². The maximum atomic E-state index is 10.3. The molecule has 1 saturated carbocycles. The van der Waals surface area contributed by atoms with E-state index in [4.69, 9.17) is 4.74 Å². The summed E-state index contributed by atoms with van der Waals surface area (Å²) in [5.74, 6) is 0.778. The van der Waals surface area contributed by atoms with Crippen molar-refractivity contribution >= 4 is 0 Å². The van der Waals surface area contributed by atoms with Crippen molar-refractivity contribution in [2.75, 3.05) is 6.61 Å². The molecule has 0 aromatic carbocycles. The van der Waals surface area contributed by atoms with Gasteiger partial charge in [-0.2, -0.15) is 0 Å². The van der Waals surface area contributed by atoms with Crippen LogP contribution in [0, 0.1) is 5.92 Å². The predicted octanol–water partition coefficient (Wildman–Crippen LogP) is 3.30. The van der Waals surface area contributed by atoms with Gasteiger partial charge in [-0.3, -0.25) is 0 Å². The molecule has 0 heterocycles. The van der Waals surface area contributed by atoms with Crippen LogP contribution in [0.15, 0.2) is 12.7 Å². The Labute approximate surface area is 99.7 Å². The van der Waals surface area contributed by atoms with Crippen LogP contribution in [0.1, 0.15) is 52.4 Å². The van der Waals surface area contributed by atoms with Crippen LogP contribution in [-0.2, 0) is 4.74 Å². The van der Waals surface area contributed by atoms with Crippen LogP contribution < -0.4 is 0 Å². The first-order chi connectivity index (χ1) is 7.64. The van der Waals surface area contributed by atoms with Gasteiger partial charge in [-0.1, -0.05) is 13.0 Å². The van der Waals surface area contributed by atoms with Gasteiger partial charge in [0.2, 0.25) is 0 Å². The summed E-state index contributed by atoms with van der Waals surface area (Å²) in [7, 11) is 0. The molecule has 1 N–H and O–H groups in total. The SMILES string of the molecule is C=CCCC(O)C1(OCC)CCC(C)CC1. The molecule has 1 aliphatic rings. The van der Waals surface area contributed by atoms with Crippen molar-refractivity contribution in [1.82, 2.24) is 0 Å². The van der Waals surface area contributed by atoms with E-state index in [0.29, 0.717) is 6.61 Å². The molecule has 0 amide bonds. The summed E-state index contributed by atoms with van der Waals surface area (Å²) in [5.41, 5.74) is -0.274. The Morgan fingerprint density at radius 2 is 2.12 bits per heavy atom. The smallest absolute Gasteiger partial charge is 0.0940 e. The number of aliphatic hydroxyl groups is 1. The van der Waals surface area contributed by atoms with Crippen molar-refractivity contribution in [2.24, 2.45) is 5.92 Å². The average Bonchev–Trinajstić information content (AvgIpc) is 2.29. The fraction of sp³-hybridized carbons (Fsp3) is 0.857. The maximum Gasteiger partial charge on any atom is 0.0940 e. The third kappa shape index (κ3) is 3.33. The molecule has 0 radical (unpaired) electrons. The number of rotatable bonds is 6. The van der Waals surface area contributed by atoms with Gasteiger partial charge in [-0.05, 0) is 51.4 Å². The molecule has 0 aliphatic heterocycles. The maximum absolute atomic E-state index is 10.3. The highest BCUT2D eigenvalue weighted by atomic mass is 16.5. The lowest BCUT2D eigenvalue weighted by atomic mass is 9.75. The minimum atomic E-state index is -0.335. The van der Waals surface area contributed by atoms with E-state index in [1.807, 2.05) is 13.0 Å². The quantitative estimate of drug-likeness (QED) is 0.704. The zero-order valence-electron chi connectivity index (χ0n) is 10.7. The molecule has 0 spiro atoms. The first kappa shape index (κ1) is 13.7. The number of hydrogen-bond donors (Lipinski definition) is 1. The second kappa shape index (κ2) is 6.41. The Balaban J connectivity index is 2.60. The zero-order valence-corrected chi connectivity index (χ0v) is 10.7. The molecule has 2 heteroatoms. The summed E-state index contributed by atoms with van der Waals surface area (Å²) >= 11 is 0. The highest BCUT2D eigenvalue weighted by molar-refractivity contribution is 4.93. The number of hydrogen-bond acceptors (Lipinski definition) is 2. The van der Waals surface area contributed by atoms with Gasteiger partial charge in [-0.15, -0.1) is 6.58 Å². The van der Waals surface area contributed by atoms with Gasteiger partial charge in [0.25, 0.3) is 0 Å². The van der Waals surface area contributed by atoms with Crippen LogP contribution in [-0.4, -0.2) is 23.4 Å². The lowest BCUT2D eigenvalue weighted by molar-refractivity contribution is -0.145. The van der Waals surface area contributed by atoms with Crippen LogP contribution in [0.5, 0.6) is 0 Å². The first-order valence-corrected chi connectivity index (χ1v) is 6.57. The molecule has 1 fully saturated rings. The average molecular weight is 226 g/mol. The lowest BCUT2D eigenvalue weighted by Gasteiger charge is -2.42. The Kier molecular flexibility index (Phi) is 5.50. The molecule has 0 bridgehead atoms. The van der Waals surface area contributed by atoms with Gasteiger partial charge in [0.1, 0.15) is 0 Å². The zero-order chi connectivity index (χ0) is 12.0. The van der Waals surface area contributed by atoms with Crippen molar-refractivity contribution in [3.05, 3.63) is 12.7 Å². The highest BCUT2D eigenvalue weighted by Gasteiger charge is 2.40. The third-order valence-corrected chi connectivity index (χ3v) is 3.80. The molecule has 16 heavy (non-hydrogen) atoms. The van der Waals surface area contributed by atoms with E-state index < -0.39 is 0 Å². The molecule has 0 aromatic heterocycles. The molecule has 1 aliphatic carbocycles. The van der Waals surface area contributed by atoms with Crippen LogP contribution >= 0.6 is 0 Å². The number of aliphatic hydroxyl groups excluding tert-OH is 1. The van der Waals surface area contributed by atoms with E-state index >= 15 is 0 Å². The van der Waals surface area contributed by atoms with E-state index in [-0.39, 0.29) is 11.7 Å². The lowest BCUT2D eigenvalue weighted by Crippen LogP contribution is -2.47. The number of allylic oxidation sites excluding steroid dienone is 1. The summed E-state index contributed by atoms with van der Waals surface area (Å²) < 4.78 is 5.89. The van der Waals surface area contributed by atoms with Gasteiger partial charge in [0.05, 0.1) is 11.7 Å². The van der Waals surface area contributed by atoms with E-state index in [9.17, 15) is 5.11 Å². The van der Waals surface area contributed by atoms with E-state index in [1.165, 1.54) is 12.8 Å². The monoisotopic (exact) mass is 226 g/mol. The topological polar surface area (TPSA) is 29.5 Å². The van der Waals surface area contributed by atoms with Crippen LogP contribution in [0.3, 0.4) is 0 Å². The highest BCUT2D eigenvalue weighted by Crippen LogP contribution is 2.38. The van der Waals surface area contributed by atoms with Crippen molar-refractivity contribution in [1.29, 1.82) is 0 Å². The van der Waals surface area contributed by atoms with Crippen molar-refractivity contribution in [3.8, 4) is 0 Å². The molecule has 1 rings (SSSR count). The standard InChI is InChI=1S/C14H26O2/c1-4-6-7-13(15)14(16-5-2)10-8-12(3)9-11-14/h4,12-13,15H,1,5-11H2,2-3H3. The van der Waals surface area contributed by atoms with Crippen LogP contribution in [0.2, 0.25) is 0 Å². The fourth-order valence-corrected chi connectivity index (χ4v) is 2.65. The molecular weight excluding hydrogens is 200 g/mol. The largest absolute Gasteiger partial charge is 0.390 e. The second-order valence-corrected chi connectivity index (χ2v) is 5.06. The minimum Gasteiger partial charge on any atom is -0.390 e. The normalized spacial score (nSPS) is 32.3.